The summed E-state index contributed by atoms with van der Waals surface area (Å²) in [6.07, 6.45) is 3.64. The number of ketones is 1. The first-order valence-corrected chi connectivity index (χ1v) is 8.82. The Hall–Kier alpha value is -1.36. The van der Waals surface area contributed by atoms with Crippen molar-refractivity contribution in [1.29, 1.82) is 0 Å². The molecular weight excluding hydrogens is 274 g/mol. The summed E-state index contributed by atoms with van der Waals surface area (Å²) in [7, 11) is -3.26. The number of Topliss-reactive ketones (excluding diaryl/α,β-unsaturated/α-hetero) is 1. The zero-order valence-corrected chi connectivity index (χ0v) is 12.3. The standard InChI is InChI=1S/C15H19NO3S/c1-2-20(18,19)16-11-8-6-10(7-9-11)15(17)14-12-4-3-5-13(12)14/h6-9,12-14,16H,2-5H2,1H3. The molecule has 2 unspecified atom stereocenters. The Morgan fingerprint density at radius 1 is 1.20 bits per heavy atom. The van der Waals surface area contributed by atoms with Crippen molar-refractivity contribution in [3.05, 3.63) is 29.8 Å². The highest BCUT2D eigenvalue weighted by Gasteiger charge is 2.56. The third-order valence-electron chi connectivity index (χ3n) is 4.53. The number of anilines is 1. The first-order valence-electron chi connectivity index (χ1n) is 7.16. The van der Waals surface area contributed by atoms with Gasteiger partial charge >= 0.3 is 0 Å². The lowest BCUT2D eigenvalue weighted by atomic mass is 10.0. The highest BCUT2D eigenvalue weighted by Crippen LogP contribution is 2.58. The van der Waals surface area contributed by atoms with Gasteiger partial charge in [-0.2, -0.15) is 0 Å². The molecule has 1 N–H and O–H groups in total. The van der Waals surface area contributed by atoms with Crippen LogP contribution in [0, 0.1) is 17.8 Å². The van der Waals surface area contributed by atoms with Gasteiger partial charge in [0.2, 0.25) is 10.0 Å². The maximum Gasteiger partial charge on any atom is 0.232 e. The minimum atomic E-state index is -3.26. The van der Waals surface area contributed by atoms with E-state index in [9.17, 15) is 13.2 Å². The van der Waals surface area contributed by atoms with Crippen molar-refractivity contribution in [2.24, 2.45) is 17.8 Å². The van der Waals surface area contributed by atoms with Crippen molar-refractivity contribution < 1.29 is 13.2 Å². The van der Waals surface area contributed by atoms with E-state index in [-0.39, 0.29) is 17.5 Å². The van der Waals surface area contributed by atoms with Crippen LogP contribution in [0.4, 0.5) is 5.69 Å². The van der Waals surface area contributed by atoms with E-state index in [0.29, 0.717) is 23.1 Å². The van der Waals surface area contributed by atoms with Gasteiger partial charge in [0, 0.05) is 17.2 Å². The molecule has 20 heavy (non-hydrogen) atoms. The fourth-order valence-electron chi connectivity index (χ4n) is 3.36. The summed E-state index contributed by atoms with van der Waals surface area (Å²) in [5, 5.41) is 0. The smallest absolute Gasteiger partial charge is 0.232 e. The molecule has 2 aliphatic rings. The summed E-state index contributed by atoms with van der Waals surface area (Å²) in [5.41, 5.74) is 1.21. The van der Waals surface area contributed by atoms with Crippen molar-refractivity contribution in [3.63, 3.8) is 0 Å². The van der Waals surface area contributed by atoms with Gasteiger partial charge in [-0.1, -0.05) is 6.42 Å². The topological polar surface area (TPSA) is 63.2 Å². The number of hydrogen-bond acceptors (Lipinski definition) is 3. The third-order valence-corrected chi connectivity index (χ3v) is 5.84. The Morgan fingerprint density at radius 3 is 2.35 bits per heavy atom. The van der Waals surface area contributed by atoms with E-state index in [1.54, 1.807) is 31.2 Å². The first kappa shape index (κ1) is 13.6. The molecule has 0 amide bonds. The molecule has 3 rings (SSSR count). The molecule has 108 valence electrons. The predicted octanol–water partition coefficient (Wildman–Crippen LogP) is 2.68. The maximum atomic E-state index is 12.3. The van der Waals surface area contributed by atoms with Gasteiger partial charge in [-0.05, 0) is 55.9 Å². The molecule has 2 aliphatic carbocycles. The van der Waals surface area contributed by atoms with Crippen LogP contribution in [-0.4, -0.2) is 20.0 Å². The monoisotopic (exact) mass is 293 g/mol. The molecule has 2 fully saturated rings. The van der Waals surface area contributed by atoms with E-state index in [1.165, 1.54) is 19.3 Å². The van der Waals surface area contributed by atoms with Gasteiger partial charge in [-0.25, -0.2) is 8.42 Å². The SMILES string of the molecule is CCS(=O)(=O)Nc1ccc(C(=O)C2C3CCCC32)cc1. The summed E-state index contributed by atoms with van der Waals surface area (Å²) in [4.78, 5) is 12.3. The summed E-state index contributed by atoms with van der Waals surface area (Å²) >= 11 is 0. The Labute approximate surface area is 119 Å². The van der Waals surface area contributed by atoms with Crippen LogP contribution < -0.4 is 4.72 Å². The van der Waals surface area contributed by atoms with Gasteiger partial charge in [0.15, 0.2) is 5.78 Å². The Bertz CT molecular complexity index is 611. The molecular formula is C15H19NO3S. The number of benzene rings is 1. The second-order valence-electron chi connectivity index (χ2n) is 5.73. The molecule has 2 saturated carbocycles. The molecule has 0 saturated heterocycles. The Balaban J connectivity index is 1.69. The summed E-state index contributed by atoms with van der Waals surface area (Å²) in [5.74, 6) is 1.71. The van der Waals surface area contributed by atoms with Crippen LogP contribution in [-0.2, 0) is 10.0 Å². The van der Waals surface area contributed by atoms with E-state index in [2.05, 4.69) is 4.72 Å². The molecule has 1 aromatic carbocycles. The minimum absolute atomic E-state index is 0.0408. The van der Waals surface area contributed by atoms with Crippen LogP contribution in [0.3, 0.4) is 0 Å². The van der Waals surface area contributed by atoms with E-state index >= 15 is 0 Å². The number of sulfonamides is 1. The van der Waals surface area contributed by atoms with Crippen molar-refractivity contribution in [2.45, 2.75) is 26.2 Å². The van der Waals surface area contributed by atoms with E-state index < -0.39 is 10.0 Å². The normalized spacial score (nSPS) is 27.9. The quantitative estimate of drug-likeness (QED) is 0.849. The van der Waals surface area contributed by atoms with Crippen LogP contribution in [0.15, 0.2) is 24.3 Å². The molecule has 0 spiro atoms. The van der Waals surface area contributed by atoms with Crippen LogP contribution >= 0.6 is 0 Å². The number of carbonyl (C=O) groups is 1. The summed E-state index contributed by atoms with van der Waals surface area (Å²) < 4.78 is 25.4. The highest BCUT2D eigenvalue weighted by molar-refractivity contribution is 7.92. The zero-order chi connectivity index (χ0) is 14.3. The summed E-state index contributed by atoms with van der Waals surface area (Å²) in [6, 6.07) is 6.78. The van der Waals surface area contributed by atoms with E-state index in [0.717, 1.165) is 0 Å². The first-order chi connectivity index (χ1) is 9.52. The van der Waals surface area contributed by atoms with E-state index in [1.807, 2.05) is 0 Å². The lowest BCUT2D eigenvalue weighted by molar-refractivity contribution is 0.0951. The molecule has 1 aromatic rings. The average Bonchev–Trinajstić information content (AvgIpc) is 2.91. The number of carbonyl (C=O) groups excluding carboxylic acids is 1. The minimum Gasteiger partial charge on any atom is -0.294 e. The van der Waals surface area contributed by atoms with Gasteiger partial charge in [-0.3, -0.25) is 9.52 Å². The molecule has 0 heterocycles. The van der Waals surface area contributed by atoms with Crippen LogP contribution in [0.5, 0.6) is 0 Å². The molecule has 0 bridgehead atoms. The third kappa shape index (κ3) is 2.46. The lowest BCUT2D eigenvalue weighted by Gasteiger charge is -2.07. The summed E-state index contributed by atoms with van der Waals surface area (Å²) in [6.45, 7) is 1.59. The molecule has 0 aliphatic heterocycles. The molecule has 0 radical (unpaired) electrons. The van der Waals surface area contributed by atoms with Crippen molar-refractivity contribution in [2.75, 3.05) is 10.5 Å². The van der Waals surface area contributed by atoms with Gasteiger partial charge in [0.05, 0.1) is 5.75 Å². The molecule has 0 aromatic heterocycles. The van der Waals surface area contributed by atoms with Crippen molar-refractivity contribution in [1.82, 2.24) is 0 Å². The lowest BCUT2D eigenvalue weighted by Crippen LogP contribution is -2.14. The Morgan fingerprint density at radius 2 is 1.80 bits per heavy atom. The number of fused-ring (bicyclic) bond motifs is 1. The zero-order valence-electron chi connectivity index (χ0n) is 11.5. The van der Waals surface area contributed by atoms with Gasteiger partial charge in [-0.15, -0.1) is 0 Å². The number of nitrogens with one attached hydrogen (secondary N) is 1. The fraction of sp³-hybridized carbons (Fsp3) is 0.533. The second kappa shape index (κ2) is 4.88. The van der Waals surface area contributed by atoms with Crippen molar-refractivity contribution in [3.8, 4) is 0 Å². The largest absolute Gasteiger partial charge is 0.294 e. The average molecular weight is 293 g/mol. The molecule has 4 nitrogen and oxygen atoms in total. The molecule has 5 heteroatoms. The molecule has 2 atom stereocenters. The predicted molar refractivity (Wildman–Crippen MR) is 78.2 cm³/mol. The second-order valence-corrected chi connectivity index (χ2v) is 7.74. The van der Waals surface area contributed by atoms with E-state index in [4.69, 9.17) is 0 Å². The maximum absolute atomic E-state index is 12.3. The van der Waals surface area contributed by atoms with Gasteiger partial charge < -0.3 is 0 Å². The van der Waals surface area contributed by atoms with Gasteiger partial charge in [0.25, 0.3) is 0 Å². The fourth-order valence-corrected chi connectivity index (χ4v) is 4.00. The number of hydrogen-bond donors (Lipinski definition) is 1. The van der Waals surface area contributed by atoms with Gasteiger partial charge in [0.1, 0.15) is 0 Å². The highest BCUT2D eigenvalue weighted by atomic mass is 32.2. The van der Waals surface area contributed by atoms with Crippen LogP contribution in [0.2, 0.25) is 0 Å². The number of rotatable bonds is 5. The van der Waals surface area contributed by atoms with Crippen LogP contribution in [0.25, 0.3) is 0 Å². The van der Waals surface area contributed by atoms with Crippen molar-refractivity contribution >= 4 is 21.5 Å². The Kier molecular flexibility index (Phi) is 3.32. The van der Waals surface area contributed by atoms with Crippen LogP contribution in [0.1, 0.15) is 36.5 Å².